The summed E-state index contributed by atoms with van der Waals surface area (Å²) in [6.45, 7) is 1.93. The maximum absolute atomic E-state index is 13.7. The molecular formula is C24H22ClN3O5. The van der Waals surface area contributed by atoms with E-state index in [0.717, 1.165) is 11.1 Å². The number of rotatable bonds is 5. The van der Waals surface area contributed by atoms with Crippen molar-refractivity contribution >= 4 is 41.0 Å². The van der Waals surface area contributed by atoms with Gasteiger partial charge in [0.25, 0.3) is 5.91 Å². The molecule has 5 rings (SSSR count). The zero-order valence-corrected chi connectivity index (χ0v) is 18.6. The number of hydrogen-bond acceptors (Lipinski definition) is 5. The van der Waals surface area contributed by atoms with Gasteiger partial charge in [0.2, 0.25) is 17.4 Å². The first kappa shape index (κ1) is 21.6. The molecule has 3 heterocycles. The van der Waals surface area contributed by atoms with Crippen LogP contribution in [0.2, 0.25) is 5.02 Å². The maximum atomic E-state index is 13.7. The van der Waals surface area contributed by atoms with E-state index in [9.17, 15) is 24.3 Å². The van der Waals surface area contributed by atoms with Crippen molar-refractivity contribution in [2.24, 2.45) is 11.8 Å². The van der Waals surface area contributed by atoms with Crippen molar-refractivity contribution in [3.63, 3.8) is 0 Å². The third-order valence-corrected chi connectivity index (χ3v) is 7.33. The van der Waals surface area contributed by atoms with Gasteiger partial charge in [0.05, 0.1) is 17.3 Å². The van der Waals surface area contributed by atoms with E-state index in [2.05, 4.69) is 5.32 Å². The lowest BCUT2D eigenvalue weighted by Gasteiger charge is -2.26. The molecule has 1 spiro atoms. The molecule has 0 saturated carbocycles. The molecule has 0 aliphatic carbocycles. The van der Waals surface area contributed by atoms with Gasteiger partial charge < -0.3 is 20.5 Å². The Morgan fingerprint density at radius 1 is 1.18 bits per heavy atom. The average Bonchev–Trinajstić information content (AvgIpc) is 3.35. The Labute approximate surface area is 194 Å². The standard InChI is InChI=1S/C24H22ClN3O5/c1-12-9-14-20(15(25)10-12)26-23(33)24(14)19-18(16(27-24)7-8-17(29)30)21(31)28(22(19)32)11-13-5-3-2-4-6-13/h2-6,9-10,16,18-19,27H,7-8,11H2,1H3,(H,26,33)(H,29,30)/t16-,18-,19+,24-/m1/s1. The normalized spacial score (nSPS) is 27.8. The number of imide groups is 1. The number of likely N-dealkylation sites (tertiary alicyclic amines) is 1. The fourth-order valence-electron chi connectivity index (χ4n) is 5.68. The molecular weight excluding hydrogens is 446 g/mol. The molecule has 2 aromatic rings. The van der Waals surface area contributed by atoms with Crippen LogP contribution in [0, 0.1) is 18.8 Å². The minimum atomic E-state index is -1.38. The summed E-state index contributed by atoms with van der Waals surface area (Å²) >= 11 is 6.41. The molecule has 4 atom stereocenters. The van der Waals surface area contributed by atoms with Crippen LogP contribution in [0.3, 0.4) is 0 Å². The number of benzene rings is 2. The molecule has 33 heavy (non-hydrogen) atoms. The fraction of sp³-hybridized carbons (Fsp3) is 0.333. The predicted molar refractivity (Wildman–Crippen MR) is 115 cm³/mol. The maximum Gasteiger partial charge on any atom is 0.291 e. The van der Waals surface area contributed by atoms with Crippen molar-refractivity contribution in [1.29, 1.82) is 0 Å². The lowest BCUT2D eigenvalue weighted by molar-refractivity contribution is -0.734. The van der Waals surface area contributed by atoms with E-state index >= 15 is 0 Å². The van der Waals surface area contributed by atoms with Gasteiger partial charge in [-0.2, -0.15) is 0 Å². The molecule has 2 aromatic carbocycles. The number of aliphatic carboxylic acids is 1. The number of nitrogens with zero attached hydrogens (tertiary/aromatic N) is 1. The molecule has 0 unspecified atom stereocenters. The monoisotopic (exact) mass is 467 g/mol. The number of nitrogens with two attached hydrogens (primary N) is 1. The van der Waals surface area contributed by atoms with Crippen molar-refractivity contribution in [2.45, 2.75) is 37.9 Å². The Bertz CT molecular complexity index is 1200. The van der Waals surface area contributed by atoms with E-state index in [1.165, 1.54) is 4.90 Å². The number of carboxylic acids is 1. The highest BCUT2D eigenvalue weighted by Crippen LogP contribution is 2.51. The van der Waals surface area contributed by atoms with Gasteiger partial charge in [-0.3, -0.25) is 19.3 Å². The van der Waals surface area contributed by atoms with Crippen LogP contribution in [-0.2, 0) is 31.3 Å². The highest BCUT2D eigenvalue weighted by molar-refractivity contribution is 6.35. The van der Waals surface area contributed by atoms with Crippen LogP contribution in [0.25, 0.3) is 0 Å². The number of nitrogens with one attached hydrogen (secondary N) is 1. The summed E-state index contributed by atoms with van der Waals surface area (Å²) in [4.78, 5) is 53.1. The molecule has 8 nitrogen and oxygen atoms in total. The minimum Gasteiger partial charge on any atom is -0.550 e. The topological polar surface area (TPSA) is 123 Å². The SMILES string of the molecule is Cc1cc(Cl)c2c(c1)[C@]1([NH2+][C@H](CCC(=O)[O-])[C@H]3C(=O)N(Cc4ccccc4)C(=O)[C@H]31)C(=O)N2. The Morgan fingerprint density at radius 2 is 1.91 bits per heavy atom. The van der Waals surface area contributed by atoms with Crippen molar-refractivity contribution < 1.29 is 29.6 Å². The molecule has 3 amide bonds. The molecule has 0 radical (unpaired) electrons. The number of carboxylic acid groups (broad SMARTS) is 1. The summed E-state index contributed by atoms with van der Waals surface area (Å²) in [7, 11) is 0. The van der Waals surface area contributed by atoms with Gasteiger partial charge in [-0.15, -0.1) is 0 Å². The second kappa shape index (κ2) is 7.67. The zero-order valence-electron chi connectivity index (χ0n) is 17.8. The first-order valence-corrected chi connectivity index (χ1v) is 11.2. The van der Waals surface area contributed by atoms with Crippen molar-refractivity contribution in [3.8, 4) is 0 Å². The summed E-state index contributed by atoms with van der Waals surface area (Å²) in [5.41, 5.74) is 1.22. The van der Waals surface area contributed by atoms with E-state index in [4.69, 9.17) is 11.6 Å². The Hall–Kier alpha value is -3.23. The number of amides is 3. The first-order chi connectivity index (χ1) is 15.7. The Morgan fingerprint density at radius 3 is 2.61 bits per heavy atom. The average molecular weight is 468 g/mol. The van der Waals surface area contributed by atoms with Gasteiger partial charge in [0, 0.05) is 18.0 Å². The number of carbonyl (C=O) groups is 4. The number of aryl methyl sites for hydroxylation is 1. The molecule has 170 valence electrons. The van der Waals surface area contributed by atoms with Crippen LogP contribution >= 0.6 is 11.6 Å². The first-order valence-electron chi connectivity index (χ1n) is 10.8. The lowest BCUT2D eigenvalue weighted by atomic mass is 9.76. The van der Waals surface area contributed by atoms with Crippen LogP contribution in [0.1, 0.15) is 29.5 Å². The van der Waals surface area contributed by atoms with Crippen LogP contribution in [0.4, 0.5) is 5.69 Å². The van der Waals surface area contributed by atoms with E-state index in [0.29, 0.717) is 16.3 Å². The Kier molecular flexibility index (Phi) is 5.02. The van der Waals surface area contributed by atoms with Crippen molar-refractivity contribution in [1.82, 2.24) is 4.90 Å². The lowest BCUT2D eigenvalue weighted by Crippen LogP contribution is -2.99. The summed E-state index contributed by atoms with van der Waals surface area (Å²) in [6, 6.07) is 12.1. The highest BCUT2D eigenvalue weighted by Gasteiger charge is 2.74. The van der Waals surface area contributed by atoms with Gasteiger partial charge in [-0.1, -0.05) is 41.9 Å². The van der Waals surface area contributed by atoms with Gasteiger partial charge >= 0.3 is 0 Å². The van der Waals surface area contributed by atoms with Crippen LogP contribution in [0.15, 0.2) is 42.5 Å². The molecule has 0 aromatic heterocycles. The molecule has 3 aliphatic heterocycles. The van der Waals surface area contributed by atoms with Gasteiger partial charge in [0.15, 0.2) is 0 Å². The highest BCUT2D eigenvalue weighted by atomic mass is 35.5. The van der Waals surface area contributed by atoms with E-state index < -0.39 is 41.2 Å². The third kappa shape index (κ3) is 3.16. The third-order valence-electron chi connectivity index (χ3n) is 7.03. The predicted octanol–water partition coefficient (Wildman–Crippen LogP) is 0.0729. The largest absolute Gasteiger partial charge is 0.550 e. The molecule has 2 saturated heterocycles. The van der Waals surface area contributed by atoms with Gasteiger partial charge in [0.1, 0.15) is 17.9 Å². The summed E-state index contributed by atoms with van der Waals surface area (Å²) < 4.78 is 0. The molecule has 2 fully saturated rings. The number of quaternary nitrogens is 1. The van der Waals surface area contributed by atoms with Crippen LogP contribution < -0.4 is 15.7 Å². The number of halogens is 1. The van der Waals surface area contributed by atoms with E-state index in [-0.39, 0.29) is 25.3 Å². The second-order valence-electron chi connectivity index (χ2n) is 8.99. The van der Waals surface area contributed by atoms with Crippen LogP contribution in [0.5, 0.6) is 0 Å². The van der Waals surface area contributed by atoms with E-state index in [1.54, 1.807) is 11.4 Å². The van der Waals surface area contributed by atoms with Crippen molar-refractivity contribution in [3.05, 3.63) is 64.2 Å². The quantitative estimate of drug-likeness (QED) is 0.602. The number of hydrogen-bond donors (Lipinski definition) is 2. The molecule has 0 bridgehead atoms. The number of anilines is 1. The summed E-state index contributed by atoms with van der Waals surface area (Å²) in [5, 5.41) is 16.1. The fourth-order valence-corrected chi connectivity index (χ4v) is 6.01. The number of fused-ring (bicyclic) bond motifs is 4. The number of carbonyl (C=O) groups excluding carboxylic acids is 4. The smallest absolute Gasteiger partial charge is 0.291 e. The van der Waals surface area contributed by atoms with Crippen LogP contribution in [-0.4, -0.2) is 34.6 Å². The second-order valence-corrected chi connectivity index (χ2v) is 9.39. The molecule has 3 N–H and O–H groups in total. The van der Waals surface area contributed by atoms with Gasteiger partial charge in [-0.05, 0) is 36.6 Å². The van der Waals surface area contributed by atoms with Gasteiger partial charge in [-0.25, -0.2) is 0 Å². The zero-order chi connectivity index (χ0) is 23.5. The van der Waals surface area contributed by atoms with Crippen molar-refractivity contribution in [2.75, 3.05) is 5.32 Å². The molecule has 9 heteroatoms. The summed E-state index contributed by atoms with van der Waals surface area (Å²) in [6.07, 6.45) is -0.171. The van der Waals surface area contributed by atoms with E-state index in [1.807, 2.05) is 43.3 Å². The minimum absolute atomic E-state index is 0.0951. The molecule has 3 aliphatic rings. The Balaban J connectivity index is 1.62. The summed E-state index contributed by atoms with van der Waals surface area (Å²) in [5.74, 6) is -4.25.